The summed E-state index contributed by atoms with van der Waals surface area (Å²) in [6.45, 7) is 5.93. The highest BCUT2D eigenvalue weighted by Gasteiger charge is 2.16. The van der Waals surface area contributed by atoms with E-state index in [-0.39, 0.29) is 5.54 Å². The molecule has 1 aromatic carbocycles. The SMILES string of the molecule is COc1cc(C)c(Cl)cc1CC(C)(C)N. The molecule has 1 rings (SSSR count). The number of hydrogen-bond acceptors (Lipinski definition) is 2. The van der Waals surface area contributed by atoms with Crippen LogP contribution in [0.3, 0.4) is 0 Å². The van der Waals surface area contributed by atoms with Crippen molar-refractivity contribution in [1.82, 2.24) is 0 Å². The van der Waals surface area contributed by atoms with E-state index in [0.717, 1.165) is 28.3 Å². The molecule has 0 radical (unpaired) electrons. The van der Waals surface area contributed by atoms with E-state index < -0.39 is 0 Å². The van der Waals surface area contributed by atoms with E-state index in [1.54, 1.807) is 7.11 Å². The predicted octanol–water partition coefficient (Wildman–Crippen LogP) is 2.94. The second kappa shape index (κ2) is 4.42. The van der Waals surface area contributed by atoms with Crippen LogP contribution >= 0.6 is 11.6 Å². The molecule has 0 unspecified atom stereocenters. The summed E-state index contributed by atoms with van der Waals surface area (Å²) in [6, 6.07) is 3.88. The molecule has 0 heterocycles. The minimum absolute atomic E-state index is 0.258. The van der Waals surface area contributed by atoms with Crippen LogP contribution in [0.2, 0.25) is 5.02 Å². The standard InChI is InChI=1S/C12H18ClNO/c1-8-5-11(15-4)9(6-10(8)13)7-12(2,3)14/h5-6H,7,14H2,1-4H3. The van der Waals surface area contributed by atoms with Crippen molar-refractivity contribution >= 4 is 11.6 Å². The fourth-order valence-electron chi connectivity index (χ4n) is 1.52. The molecule has 0 aromatic heterocycles. The first kappa shape index (κ1) is 12.3. The quantitative estimate of drug-likeness (QED) is 0.862. The third kappa shape index (κ3) is 3.40. The number of halogens is 1. The second-order valence-corrected chi connectivity index (χ2v) is 4.99. The Kier molecular flexibility index (Phi) is 3.63. The van der Waals surface area contributed by atoms with Crippen LogP contribution in [0.5, 0.6) is 5.75 Å². The molecule has 2 N–H and O–H groups in total. The maximum atomic E-state index is 6.08. The van der Waals surface area contributed by atoms with Gasteiger partial charge in [-0.1, -0.05) is 11.6 Å². The molecule has 0 aliphatic heterocycles. The summed E-state index contributed by atoms with van der Waals surface area (Å²) >= 11 is 6.08. The Morgan fingerprint density at radius 3 is 2.47 bits per heavy atom. The maximum absolute atomic E-state index is 6.08. The predicted molar refractivity (Wildman–Crippen MR) is 64.7 cm³/mol. The van der Waals surface area contributed by atoms with Gasteiger partial charge in [-0.3, -0.25) is 0 Å². The third-order valence-electron chi connectivity index (χ3n) is 2.21. The molecule has 0 saturated carbocycles. The van der Waals surface area contributed by atoms with Gasteiger partial charge in [-0.05, 0) is 50.5 Å². The van der Waals surface area contributed by atoms with Crippen LogP contribution in [-0.2, 0) is 6.42 Å². The molecule has 84 valence electrons. The molecule has 0 amide bonds. The molecular formula is C12H18ClNO. The van der Waals surface area contributed by atoms with E-state index in [1.807, 2.05) is 32.9 Å². The summed E-state index contributed by atoms with van der Waals surface area (Å²) in [5.74, 6) is 0.857. The molecule has 0 bridgehead atoms. The number of rotatable bonds is 3. The van der Waals surface area contributed by atoms with Crippen molar-refractivity contribution in [1.29, 1.82) is 0 Å². The second-order valence-electron chi connectivity index (χ2n) is 4.58. The summed E-state index contributed by atoms with van der Waals surface area (Å²) < 4.78 is 5.31. The number of ether oxygens (including phenoxy) is 1. The van der Waals surface area contributed by atoms with E-state index in [0.29, 0.717) is 0 Å². The van der Waals surface area contributed by atoms with Crippen LogP contribution < -0.4 is 10.5 Å². The van der Waals surface area contributed by atoms with Crippen molar-refractivity contribution in [2.45, 2.75) is 32.7 Å². The van der Waals surface area contributed by atoms with Crippen LogP contribution in [0, 0.1) is 6.92 Å². The van der Waals surface area contributed by atoms with Gasteiger partial charge in [-0.15, -0.1) is 0 Å². The van der Waals surface area contributed by atoms with E-state index >= 15 is 0 Å². The van der Waals surface area contributed by atoms with Crippen molar-refractivity contribution in [3.63, 3.8) is 0 Å². The lowest BCUT2D eigenvalue weighted by Gasteiger charge is -2.20. The van der Waals surface area contributed by atoms with Gasteiger partial charge in [0.1, 0.15) is 5.75 Å². The van der Waals surface area contributed by atoms with Crippen molar-refractivity contribution < 1.29 is 4.74 Å². The topological polar surface area (TPSA) is 35.2 Å². The first-order valence-electron chi connectivity index (χ1n) is 4.95. The molecule has 0 spiro atoms. The molecule has 0 fully saturated rings. The number of benzene rings is 1. The average molecular weight is 228 g/mol. The Morgan fingerprint density at radius 1 is 1.40 bits per heavy atom. The van der Waals surface area contributed by atoms with Crippen LogP contribution in [0.25, 0.3) is 0 Å². The Morgan fingerprint density at radius 2 is 2.00 bits per heavy atom. The zero-order chi connectivity index (χ0) is 11.6. The van der Waals surface area contributed by atoms with Crippen molar-refractivity contribution in [3.05, 3.63) is 28.3 Å². The largest absolute Gasteiger partial charge is 0.496 e. The van der Waals surface area contributed by atoms with E-state index in [2.05, 4.69) is 0 Å². The van der Waals surface area contributed by atoms with Gasteiger partial charge in [0.2, 0.25) is 0 Å². The van der Waals surface area contributed by atoms with Crippen LogP contribution in [-0.4, -0.2) is 12.6 Å². The summed E-state index contributed by atoms with van der Waals surface area (Å²) in [4.78, 5) is 0. The zero-order valence-corrected chi connectivity index (χ0v) is 10.5. The fourth-order valence-corrected chi connectivity index (χ4v) is 1.70. The van der Waals surface area contributed by atoms with Crippen molar-refractivity contribution in [2.75, 3.05) is 7.11 Å². The Bertz CT molecular complexity index is 355. The smallest absolute Gasteiger partial charge is 0.122 e. The van der Waals surface area contributed by atoms with E-state index in [1.165, 1.54) is 0 Å². The average Bonchev–Trinajstić information content (AvgIpc) is 2.08. The van der Waals surface area contributed by atoms with Gasteiger partial charge >= 0.3 is 0 Å². The van der Waals surface area contributed by atoms with Gasteiger partial charge in [-0.2, -0.15) is 0 Å². The molecule has 15 heavy (non-hydrogen) atoms. The lowest BCUT2D eigenvalue weighted by atomic mass is 9.95. The summed E-state index contributed by atoms with van der Waals surface area (Å²) in [5, 5.41) is 0.759. The summed E-state index contributed by atoms with van der Waals surface area (Å²) in [5.41, 5.74) is 7.80. The highest BCUT2D eigenvalue weighted by molar-refractivity contribution is 6.31. The molecule has 3 heteroatoms. The summed E-state index contributed by atoms with van der Waals surface area (Å²) in [7, 11) is 1.66. The van der Waals surface area contributed by atoms with E-state index in [9.17, 15) is 0 Å². The first-order chi connectivity index (χ1) is 6.83. The van der Waals surface area contributed by atoms with Gasteiger partial charge < -0.3 is 10.5 Å². The van der Waals surface area contributed by atoms with Gasteiger partial charge in [-0.25, -0.2) is 0 Å². The number of nitrogens with two attached hydrogens (primary N) is 1. The molecule has 0 aliphatic rings. The summed E-state index contributed by atoms with van der Waals surface area (Å²) in [6.07, 6.45) is 0.746. The number of hydrogen-bond donors (Lipinski definition) is 1. The highest BCUT2D eigenvalue weighted by atomic mass is 35.5. The normalized spacial score (nSPS) is 11.6. The molecular weight excluding hydrogens is 210 g/mol. The monoisotopic (exact) mass is 227 g/mol. The van der Waals surface area contributed by atoms with Crippen LogP contribution in [0.15, 0.2) is 12.1 Å². The van der Waals surface area contributed by atoms with Crippen LogP contribution in [0.4, 0.5) is 0 Å². The highest BCUT2D eigenvalue weighted by Crippen LogP contribution is 2.28. The third-order valence-corrected chi connectivity index (χ3v) is 2.61. The Balaban J connectivity index is 3.11. The molecule has 0 atom stereocenters. The minimum atomic E-state index is -0.258. The minimum Gasteiger partial charge on any atom is -0.496 e. The maximum Gasteiger partial charge on any atom is 0.122 e. The number of methoxy groups -OCH3 is 1. The molecule has 2 nitrogen and oxygen atoms in total. The molecule has 0 saturated heterocycles. The zero-order valence-electron chi connectivity index (χ0n) is 9.73. The molecule has 1 aromatic rings. The van der Waals surface area contributed by atoms with Crippen molar-refractivity contribution in [3.8, 4) is 5.75 Å². The van der Waals surface area contributed by atoms with Gasteiger partial charge in [0.05, 0.1) is 7.11 Å². The van der Waals surface area contributed by atoms with Gasteiger partial charge in [0, 0.05) is 10.6 Å². The lowest BCUT2D eigenvalue weighted by Crippen LogP contribution is -2.34. The lowest BCUT2D eigenvalue weighted by molar-refractivity contribution is 0.402. The first-order valence-corrected chi connectivity index (χ1v) is 5.33. The van der Waals surface area contributed by atoms with Gasteiger partial charge in [0.25, 0.3) is 0 Å². The van der Waals surface area contributed by atoms with Gasteiger partial charge in [0.15, 0.2) is 0 Å². The number of aryl methyl sites for hydroxylation is 1. The fraction of sp³-hybridized carbons (Fsp3) is 0.500. The Hall–Kier alpha value is -0.730. The molecule has 0 aliphatic carbocycles. The van der Waals surface area contributed by atoms with Crippen LogP contribution in [0.1, 0.15) is 25.0 Å². The van der Waals surface area contributed by atoms with Crippen molar-refractivity contribution in [2.24, 2.45) is 5.73 Å². The van der Waals surface area contributed by atoms with E-state index in [4.69, 9.17) is 22.1 Å². The Labute approximate surface area is 96.4 Å².